The minimum absolute atomic E-state index is 0.0663. The van der Waals surface area contributed by atoms with Crippen LogP contribution in [0.1, 0.15) is 33.1 Å². The number of thioether (sulfide) groups is 1. The Morgan fingerprint density at radius 2 is 2.33 bits per heavy atom. The summed E-state index contributed by atoms with van der Waals surface area (Å²) in [6, 6.07) is 0. The first-order chi connectivity index (χ1) is 7.18. The zero-order valence-corrected chi connectivity index (χ0v) is 10.7. The lowest BCUT2D eigenvalue weighted by atomic mass is 9.98. The van der Waals surface area contributed by atoms with E-state index in [2.05, 4.69) is 11.6 Å². The lowest BCUT2D eigenvalue weighted by Gasteiger charge is -2.27. The van der Waals surface area contributed by atoms with Gasteiger partial charge in [-0.2, -0.15) is 11.8 Å². The van der Waals surface area contributed by atoms with Crippen molar-refractivity contribution in [3.8, 4) is 0 Å². The van der Waals surface area contributed by atoms with E-state index in [9.17, 15) is 4.79 Å². The third-order valence-corrected chi connectivity index (χ3v) is 4.05. The second-order valence-electron chi connectivity index (χ2n) is 3.93. The molecule has 1 saturated carbocycles. The molecule has 2 unspecified atom stereocenters. The maximum Gasteiger partial charge on any atom is 0.326 e. The Labute approximate surface area is 96.3 Å². The number of esters is 1. The minimum atomic E-state index is -0.404. The van der Waals surface area contributed by atoms with Crippen LogP contribution >= 0.6 is 11.8 Å². The van der Waals surface area contributed by atoms with Crippen molar-refractivity contribution in [2.75, 3.05) is 19.4 Å². The predicted octanol–water partition coefficient (Wildman–Crippen LogP) is 1.81. The second kappa shape index (κ2) is 5.75. The van der Waals surface area contributed by atoms with Gasteiger partial charge in [-0.3, -0.25) is 4.79 Å². The Bertz CT molecular complexity index is 223. The molecule has 1 N–H and O–H groups in total. The van der Waals surface area contributed by atoms with Crippen LogP contribution in [-0.4, -0.2) is 36.2 Å². The van der Waals surface area contributed by atoms with E-state index < -0.39 is 5.54 Å². The molecule has 3 nitrogen and oxygen atoms in total. The third kappa shape index (κ3) is 2.88. The molecular formula is C11H21NO2S. The van der Waals surface area contributed by atoms with Crippen molar-refractivity contribution in [2.45, 2.75) is 43.9 Å². The minimum Gasteiger partial charge on any atom is -0.465 e. The zero-order valence-electron chi connectivity index (χ0n) is 9.84. The smallest absolute Gasteiger partial charge is 0.326 e. The summed E-state index contributed by atoms with van der Waals surface area (Å²) >= 11 is 1.85. The van der Waals surface area contributed by atoms with Gasteiger partial charge in [-0.05, 0) is 39.0 Å². The Kier molecular flexibility index (Phi) is 4.93. The molecule has 4 heteroatoms. The van der Waals surface area contributed by atoms with Crippen LogP contribution < -0.4 is 5.32 Å². The summed E-state index contributed by atoms with van der Waals surface area (Å²) < 4.78 is 5.16. The highest BCUT2D eigenvalue weighted by Crippen LogP contribution is 2.36. The highest BCUT2D eigenvalue weighted by Gasteiger charge is 2.45. The van der Waals surface area contributed by atoms with Crippen molar-refractivity contribution in [3.63, 3.8) is 0 Å². The summed E-state index contributed by atoms with van der Waals surface area (Å²) in [6.45, 7) is 5.18. The standard InChI is InChI=1S/C11H21NO2S/c1-4-12-11(10(13)14-5-2)7-6-9(8-11)15-3/h9,12H,4-8H2,1-3H3. The molecule has 0 saturated heterocycles. The first kappa shape index (κ1) is 12.8. The molecule has 2 atom stereocenters. The molecule has 1 fully saturated rings. The lowest BCUT2D eigenvalue weighted by molar-refractivity contribution is -0.151. The molecule has 15 heavy (non-hydrogen) atoms. The predicted molar refractivity (Wildman–Crippen MR) is 64.2 cm³/mol. The molecule has 0 spiro atoms. The fraction of sp³-hybridized carbons (Fsp3) is 0.909. The van der Waals surface area contributed by atoms with E-state index in [-0.39, 0.29) is 5.97 Å². The SMILES string of the molecule is CCNC1(C(=O)OCC)CCC(SC)C1. The first-order valence-electron chi connectivity index (χ1n) is 5.63. The Morgan fingerprint density at radius 1 is 1.60 bits per heavy atom. The van der Waals surface area contributed by atoms with Crippen molar-refractivity contribution in [1.29, 1.82) is 0 Å². The van der Waals surface area contributed by atoms with Crippen LogP contribution in [0.2, 0.25) is 0 Å². The number of nitrogens with one attached hydrogen (secondary N) is 1. The van der Waals surface area contributed by atoms with Gasteiger partial charge in [0.05, 0.1) is 6.61 Å². The van der Waals surface area contributed by atoms with Gasteiger partial charge >= 0.3 is 5.97 Å². The van der Waals surface area contributed by atoms with Gasteiger partial charge in [0.1, 0.15) is 5.54 Å². The van der Waals surface area contributed by atoms with Gasteiger partial charge in [0.2, 0.25) is 0 Å². The molecule has 0 heterocycles. The van der Waals surface area contributed by atoms with Gasteiger partial charge in [-0.15, -0.1) is 0 Å². The fourth-order valence-electron chi connectivity index (χ4n) is 2.23. The average Bonchev–Trinajstić information content (AvgIpc) is 2.64. The molecule has 0 aliphatic heterocycles. The van der Waals surface area contributed by atoms with E-state index in [1.165, 1.54) is 0 Å². The van der Waals surface area contributed by atoms with E-state index in [4.69, 9.17) is 4.74 Å². The Hall–Kier alpha value is -0.220. The molecule has 1 rings (SSSR count). The third-order valence-electron chi connectivity index (χ3n) is 2.98. The molecule has 0 bridgehead atoms. The Balaban J connectivity index is 2.67. The largest absolute Gasteiger partial charge is 0.465 e. The van der Waals surface area contributed by atoms with E-state index in [0.717, 1.165) is 25.8 Å². The summed E-state index contributed by atoms with van der Waals surface area (Å²) in [4.78, 5) is 11.9. The first-order valence-corrected chi connectivity index (χ1v) is 6.92. The van der Waals surface area contributed by atoms with Gasteiger partial charge in [0, 0.05) is 5.25 Å². The molecule has 0 radical (unpaired) electrons. The number of carbonyl (C=O) groups is 1. The second-order valence-corrected chi connectivity index (χ2v) is 5.07. The maximum absolute atomic E-state index is 11.9. The van der Waals surface area contributed by atoms with Crippen LogP contribution in [0.5, 0.6) is 0 Å². The van der Waals surface area contributed by atoms with Crippen LogP contribution in [0, 0.1) is 0 Å². The number of hydrogen-bond donors (Lipinski definition) is 1. The summed E-state index contributed by atoms with van der Waals surface area (Å²) in [6.07, 6.45) is 5.02. The molecule has 1 aliphatic rings. The van der Waals surface area contributed by atoms with Crippen LogP contribution in [0.25, 0.3) is 0 Å². The molecule has 0 aromatic heterocycles. The summed E-state index contributed by atoms with van der Waals surface area (Å²) in [5.74, 6) is -0.0663. The van der Waals surface area contributed by atoms with Crippen molar-refractivity contribution in [1.82, 2.24) is 5.32 Å². The van der Waals surface area contributed by atoms with Gasteiger partial charge in [0.15, 0.2) is 0 Å². The van der Waals surface area contributed by atoms with Crippen molar-refractivity contribution in [3.05, 3.63) is 0 Å². The molecule has 0 aromatic rings. The Morgan fingerprint density at radius 3 is 2.80 bits per heavy atom. The van der Waals surface area contributed by atoms with E-state index in [1.54, 1.807) is 0 Å². The highest BCUT2D eigenvalue weighted by molar-refractivity contribution is 7.99. The van der Waals surface area contributed by atoms with Gasteiger partial charge < -0.3 is 10.1 Å². The molecular weight excluding hydrogens is 210 g/mol. The van der Waals surface area contributed by atoms with Gasteiger partial charge in [-0.25, -0.2) is 0 Å². The molecule has 0 amide bonds. The zero-order chi connectivity index (χ0) is 11.3. The number of ether oxygens (including phenoxy) is 1. The normalized spacial score (nSPS) is 30.5. The fourth-order valence-corrected chi connectivity index (χ4v) is 3.03. The van der Waals surface area contributed by atoms with Gasteiger partial charge in [-0.1, -0.05) is 6.92 Å². The molecule has 0 aromatic carbocycles. The van der Waals surface area contributed by atoms with Crippen molar-refractivity contribution >= 4 is 17.7 Å². The topological polar surface area (TPSA) is 38.3 Å². The number of carbonyl (C=O) groups excluding carboxylic acids is 1. The van der Waals surface area contributed by atoms with Gasteiger partial charge in [0.25, 0.3) is 0 Å². The monoisotopic (exact) mass is 231 g/mol. The average molecular weight is 231 g/mol. The van der Waals surface area contributed by atoms with Crippen LogP contribution in [0.3, 0.4) is 0 Å². The van der Waals surface area contributed by atoms with Crippen LogP contribution in [-0.2, 0) is 9.53 Å². The van der Waals surface area contributed by atoms with Crippen LogP contribution in [0.15, 0.2) is 0 Å². The van der Waals surface area contributed by atoms with E-state index >= 15 is 0 Å². The summed E-state index contributed by atoms with van der Waals surface area (Å²) in [7, 11) is 0. The number of likely N-dealkylation sites (N-methyl/N-ethyl adjacent to an activating group) is 1. The summed E-state index contributed by atoms with van der Waals surface area (Å²) in [5.41, 5.74) is -0.404. The maximum atomic E-state index is 11.9. The molecule has 88 valence electrons. The van der Waals surface area contributed by atoms with Crippen molar-refractivity contribution < 1.29 is 9.53 Å². The van der Waals surface area contributed by atoms with Crippen LogP contribution in [0.4, 0.5) is 0 Å². The molecule has 1 aliphatic carbocycles. The van der Waals surface area contributed by atoms with Crippen molar-refractivity contribution in [2.24, 2.45) is 0 Å². The number of hydrogen-bond acceptors (Lipinski definition) is 4. The lowest BCUT2D eigenvalue weighted by Crippen LogP contribution is -2.51. The summed E-state index contributed by atoms with van der Waals surface area (Å²) in [5, 5.41) is 3.91. The highest BCUT2D eigenvalue weighted by atomic mass is 32.2. The van der Waals surface area contributed by atoms with E-state index in [0.29, 0.717) is 11.9 Å². The number of rotatable bonds is 5. The van der Waals surface area contributed by atoms with E-state index in [1.807, 2.05) is 25.6 Å². The quantitative estimate of drug-likeness (QED) is 0.732.